The molecule has 1 aliphatic heterocycles. The van der Waals surface area contributed by atoms with Crippen molar-refractivity contribution < 1.29 is 14.4 Å². The lowest BCUT2D eigenvalue weighted by atomic mass is 10.1. The van der Waals surface area contributed by atoms with Crippen LogP contribution < -0.4 is 15.6 Å². The number of nitrogens with one attached hydrogen (secondary N) is 2. The van der Waals surface area contributed by atoms with Gasteiger partial charge in [0, 0.05) is 16.3 Å². The van der Waals surface area contributed by atoms with Gasteiger partial charge in [-0.3, -0.25) is 19.3 Å². The van der Waals surface area contributed by atoms with Crippen LogP contribution >= 0.6 is 51.3 Å². The molecule has 0 unspecified atom stereocenters. The Morgan fingerprint density at radius 3 is 2.52 bits per heavy atom. The summed E-state index contributed by atoms with van der Waals surface area (Å²) in [6.45, 7) is 0. The predicted octanol–water partition coefficient (Wildman–Crippen LogP) is 3.54. The quantitative estimate of drug-likeness (QED) is 0.283. The first-order valence-electron chi connectivity index (χ1n) is 8.01. The molecule has 0 radical (unpaired) electrons. The number of nitrogens with zero attached hydrogens (tertiary/aromatic N) is 2. The average molecular weight is 514 g/mol. The molecule has 1 saturated heterocycles. The molecular weight excluding hydrogens is 503 g/mol. The molecule has 3 amide bonds. The zero-order chi connectivity index (χ0) is 21.1. The van der Waals surface area contributed by atoms with Gasteiger partial charge in [0.1, 0.15) is 0 Å². The highest BCUT2D eigenvalue weighted by Crippen LogP contribution is 2.23. The van der Waals surface area contributed by atoms with Crippen molar-refractivity contribution in [2.45, 2.75) is 0 Å². The maximum atomic E-state index is 12.8. The first kappa shape index (κ1) is 21.4. The second-order valence-electron chi connectivity index (χ2n) is 5.77. The molecule has 1 fully saturated rings. The van der Waals surface area contributed by atoms with E-state index < -0.39 is 23.6 Å². The van der Waals surface area contributed by atoms with Crippen LogP contribution in [-0.2, 0) is 9.59 Å². The van der Waals surface area contributed by atoms with Crippen LogP contribution in [0.15, 0.2) is 52.0 Å². The molecule has 29 heavy (non-hydrogen) atoms. The van der Waals surface area contributed by atoms with Crippen molar-refractivity contribution in [3.05, 3.63) is 62.5 Å². The van der Waals surface area contributed by atoms with Crippen LogP contribution in [0.1, 0.15) is 10.4 Å². The number of anilines is 1. The highest BCUT2D eigenvalue weighted by molar-refractivity contribution is 9.10. The molecule has 148 valence electrons. The number of halogens is 3. The standard InChI is InChI=1S/C18H11BrCl2N4O3S/c19-10-2-4-11(5-3-10)25-17(28)12(16(27)23-18(25)29)8-22-24-15(26)9-1-6-13(20)14(21)7-9/h1-8,12H,(H,24,26)(H,23,27,29)/b22-8-/t12-/m1/s1. The second-order valence-corrected chi connectivity index (χ2v) is 7.89. The fraction of sp³-hybridized carbons (Fsp3) is 0.0556. The molecule has 2 aromatic carbocycles. The van der Waals surface area contributed by atoms with E-state index in [1.807, 2.05) is 0 Å². The van der Waals surface area contributed by atoms with Crippen LogP contribution in [0.5, 0.6) is 0 Å². The Kier molecular flexibility index (Phi) is 6.63. The Balaban J connectivity index is 1.74. The molecule has 0 bridgehead atoms. The highest BCUT2D eigenvalue weighted by atomic mass is 79.9. The van der Waals surface area contributed by atoms with Crippen molar-refractivity contribution in [2.24, 2.45) is 11.0 Å². The SMILES string of the molecule is O=C(N/N=C\[C@@H]1C(=O)NC(=S)N(c2ccc(Br)cc2)C1=O)c1ccc(Cl)c(Cl)c1. The minimum Gasteiger partial charge on any atom is -0.301 e. The summed E-state index contributed by atoms with van der Waals surface area (Å²) < 4.78 is 0.823. The van der Waals surface area contributed by atoms with Crippen molar-refractivity contribution in [3.63, 3.8) is 0 Å². The molecule has 7 nitrogen and oxygen atoms in total. The van der Waals surface area contributed by atoms with E-state index in [1.54, 1.807) is 24.3 Å². The molecule has 3 rings (SSSR count). The molecule has 2 N–H and O–H groups in total. The van der Waals surface area contributed by atoms with E-state index in [0.29, 0.717) is 10.7 Å². The van der Waals surface area contributed by atoms with Crippen molar-refractivity contribution in [2.75, 3.05) is 4.90 Å². The van der Waals surface area contributed by atoms with Gasteiger partial charge in [-0.1, -0.05) is 39.1 Å². The number of rotatable bonds is 4. The molecule has 0 spiro atoms. The van der Waals surface area contributed by atoms with Gasteiger partial charge in [-0.05, 0) is 54.7 Å². The first-order valence-corrected chi connectivity index (χ1v) is 9.96. The van der Waals surface area contributed by atoms with Crippen LogP contribution in [-0.4, -0.2) is 29.0 Å². The molecule has 0 saturated carbocycles. The maximum absolute atomic E-state index is 12.8. The van der Waals surface area contributed by atoms with E-state index in [1.165, 1.54) is 23.1 Å². The van der Waals surface area contributed by atoms with E-state index >= 15 is 0 Å². The molecule has 2 aromatic rings. The van der Waals surface area contributed by atoms with Gasteiger partial charge in [0.2, 0.25) is 5.91 Å². The maximum Gasteiger partial charge on any atom is 0.271 e. The van der Waals surface area contributed by atoms with Crippen LogP contribution in [0.25, 0.3) is 0 Å². The number of hydrogen-bond acceptors (Lipinski definition) is 5. The largest absolute Gasteiger partial charge is 0.301 e. The minimum absolute atomic E-state index is 0.0354. The van der Waals surface area contributed by atoms with Gasteiger partial charge >= 0.3 is 0 Å². The smallest absolute Gasteiger partial charge is 0.271 e. The normalized spacial score (nSPS) is 16.9. The number of amides is 3. The molecule has 0 aliphatic carbocycles. The lowest BCUT2D eigenvalue weighted by Gasteiger charge is -2.30. The summed E-state index contributed by atoms with van der Waals surface area (Å²) in [6, 6.07) is 11.1. The second kappa shape index (κ2) is 9.00. The molecule has 1 aliphatic rings. The Bertz CT molecular complexity index is 1050. The molecule has 1 atom stereocenters. The lowest BCUT2D eigenvalue weighted by molar-refractivity contribution is -0.130. The fourth-order valence-electron chi connectivity index (χ4n) is 2.43. The van der Waals surface area contributed by atoms with Gasteiger partial charge in [-0.2, -0.15) is 5.10 Å². The molecule has 1 heterocycles. The number of hydrogen-bond donors (Lipinski definition) is 2. The summed E-state index contributed by atoms with van der Waals surface area (Å²) in [6.07, 6.45) is 1.04. The zero-order valence-electron chi connectivity index (χ0n) is 14.4. The zero-order valence-corrected chi connectivity index (χ0v) is 18.3. The van der Waals surface area contributed by atoms with Crippen LogP contribution in [0.4, 0.5) is 5.69 Å². The van der Waals surface area contributed by atoms with Gasteiger partial charge in [0.05, 0.1) is 15.7 Å². The monoisotopic (exact) mass is 512 g/mol. The van der Waals surface area contributed by atoms with Crippen molar-refractivity contribution in [3.8, 4) is 0 Å². The van der Waals surface area contributed by atoms with E-state index in [-0.39, 0.29) is 15.7 Å². The summed E-state index contributed by atoms with van der Waals surface area (Å²) >= 11 is 20.1. The Morgan fingerprint density at radius 2 is 1.86 bits per heavy atom. The number of carbonyl (C=O) groups is 3. The van der Waals surface area contributed by atoms with Crippen molar-refractivity contribution in [1.29, 1.82) is 0 Å². The van der Waals surface area contributed by atoms with Crippen LogP contribution in [0.2, 0.25) is 10.0 Å². The van der Waals surface area contributed by atoms with E-state index in [9.17, 15) is 14.4 Å². The Morgan fingerprint density at radius 1 is 1.17 bits per heavy atom. The third kappa shape index (κ3) is 4.81. The number of hydrazone groups is 1. The van der Waals surface area contributed by atoms with Gasteiger partial charge in [-0.25, -0.2) is 5.43 Å². The Labute approximate surface area is 189 Å². The van der Waals surface area contributed by atoms with E-state index in [0.717, 1.165) is 10.7 Å². The third-order valence-corrected chi connectivity index (χ3v) is 5.41. The summed E-state index contributed by atoms with van der Waals surface area (Å²) in [4.78, 5) is 38.3. The summed E-state index contributed by atoms with van der Waals surface area (Å²) in [5, 5.41) is 6.67. The van der Waals surface area contributed by atoms with E-state index in [4.69, 9.17) is 35.4 Å². The summed E-state index contributed by atoms with van der Waals surface area (Å²) in [7, 11) is 0. The predicted molar refractivity (Wildman–Crippen MR) is 118 cm³/mol. The van der Waals surface area contributed by atoms with Crippen molar-refractivity contribution >= 4 is 86.1 Å². The van der Waals surface area contributed by atoms with Gasteiger partial charge < -0.3 is 5.32 Å². The summed E-state index contributed by atoms with van der Waals surface area (Å²) in [5.41, 5.74) is 2.95. The number of benzene rings is 2. The highest BCUT2D eigenvalue weighted by Gasteiger charge is 2.38. The number of thiocarbonyl (C=S) groups is 1. The van der Waals surface area contributed by atoms with Crippen LogP contribution in [0, 0.1) is 5.92 Å². The van der Waals surface area contributed by atoms with Gasteiger partial charge in [0.15, 0.2) is 11.0 Å². The fourth-order valence-corrected chi connectivity index (χ4v) is 3.29. The van der Waals surface area contributed by atoms with Gasteiger partial charge in [-0.15, -0.1) is 0 Å². The number of carbonyl (C=O) groups excluding carboxylic acids is 3. The van der Waals surface area contributed by atoms with Crippen molar-refractivity contribution in [1.82, 2.24) is 10.7 Å². The van der Waals surface area contributed by atoms with Crippen LogP contribution in [0.3, 0.4) is 0 Å². The lowest BCUT2D eigenvalue weighted by Crippen LogP contribution is -2.58. The minimum atomic E-state index is -1.26. The average Bonchev–Trinajstić information content (AvgIpc) is 2.67. The summed E-state index contributed by atoms with van der Waals surface area (Å²) in [5.74, 6) is -3.07. The third-order valence-electron chi connectivity index (χ3n) is 3.86. The topological polar surface area (TPSA) is 90.9 Å². The molecule has 11 heteroatoms. The molecule has 0 aromatic heterocycles. The molecular formula is C18H11BrCl2N4O3S. The van der Waals surface area contributed by atoms with E-state index in [2.05, 4.69) is 31.8 Å². The first-order chi connectivity index (χ1) is 13.8. The Hall–Kier alpha value is -2.33. The van der Waals surface area contributed by atoms with Gasteiger partial charge in [0.25, 0.3) is 11.8 Å².